The maximum atomic E-state index is 12.1. The number of fused-ring (bicyclic) bond motifs is 1. The maximum absolute atomic E-state index is 12.1. The highest BCUT2D eigenvalue weighted by atomic mass is 79.9. The van der Waals surface area contributed by atoms with Gasteiger partial charge in [-0.3, -0.25) is 4.57 Å². The summed E-state index contributed by atoms with van der Waals surface area (Å²) in [5, 5.41) is 9.83. The number of benzene rings is 1. The van der Waals surface area contributed by atoms with E-state index in [4.69, 9.17) is 10.00 Å². The van der Waals surface area contributed by atoms with Crippen LogP contribution in [0.5, 0.6) is 0 Å². The van der Waals surface area contributed by atoms with Gasteiger partial charge in [-0.25, -0.2) is 4.79 Å². The molecule has 0 aliphatic rings. The highest BCUT2D eigenvalue weighted by Crippen LogP contribution is 2.25. The third kappa shape index (κ3) is 2.79. The fraction of sp³-hybridized carbons (Fsp3) is 0.286. The topological polar surface area (TPSA) is 55.0 Å². The molecule has 2 aromatic rings. The first kappa shape index (κ1) is 13.6. The molecule has 98 valence electrons. The Bertz CT molecular complexity index is 690. The summed E-state index contributed by atoms with van der Waals surface area (Å²) in [4.78, 5) is 12.1. The van der Waals surface area contributed by atoms with Gasteiger partial charge in [-0.15, -0.1) is 0 Å². The third-order valence-corrected chi connectivity index (χ3v) is 2.94. The molecule has 0 spiro atoms. The number of hydrogen-bond donors (Lipinski definition) is 0. The Morgan fingerprint density at radius 1 is 1.42 bits per heavy atom. The zero-order valence-electron chi connectivity index (χ0n) is 10.9. The van der Waals surface area contributed by atoms with Crippen molar-refractivity contribution in [3.8, 4) is 6.07 Å². The lowest BCUT2D eigenvalue weighted by molar-refractivity contribution is 0.0544. The molecule has 2 rings (SSSR count). The number of rotatable bonds is 0. The maximum Gasteiger partial charge on any atom is 0.418 e. The van der Waals surface area contributed by atoms with Gasteiger partial charge in [-0.1, -0.05) is 15.9 Å². The summed E-state index contributed by atoms with van der Waals surface area (Å²) < 4.78 is 7.49. The van der Waals surface area contributed by atoms with Crippen molar-refractivity contribution in [2.75, 3.05) is 0 Å². The molecule has 0 unspecified atom stereocenters. The number of hydrogen-bond acceptors (Lipinski definition) is 3. The highest BCUT2D eigenvalue weighted by Gasteiger charge is 2.19. The average molecular weight is 321 g/mol. The van der Waals surface area contributed by atoms with Gasteiger partial charge in [0, 0.05) is 16.1 Å². The first-order chi connectivity index (χ1) is 8.81. The molecule has 0 aliphatic carbocycles. The molecule has 0 aliphatic heterocycles. The Hall–Kier alpha value is -1.80. The van der Waals surface area contributed by atoms with Crippen LogP contribution < -0.4 is 0 Å². The van der Waals surface area contributed by atoms with Crippen molar-refractivity contribution in [1.82, 2.24) is 4.57 Å². The number of halogens is 1. The number of nitrogens with zero attached hydrogens (tertiary/aromatic N) is 2. The van der Waals surface area contributed by atoms with Crippen molar-refractivity contribution in [3.05, 3.63) is 34.4 Å². The third-order valence-electron chi connectivity index (χ3n) is 2.48. The van der Waals surface area contributed by atoms with E-state index in [1.54, 1.807) is 24.4 Å². The van der Waals surface area contributed by atoms with Crippen LogP contribution in [0.4, 0.5) is 4.79 Å². The lowest BCUT2D eigenvalue weighted by atomic mass is 10.1. The van der Waals surface area contributed by atoms with Gasteiger partial charge >= 0.3 is 6.09 Å². The van der Waals surface area contributed by atoms with Crippen molar-refractivity contribution in [3.63, 3.8) is 0 Å². The van der Waals surface area contributed by atoms with Gasteiger partial charge in [0.05, 0.1) is 17.1 Å². The Labute approximate surface area is 119 Å². The van der Waals surface area contributed by atoms with E-state index in [1.807, 2.05) is 20.8 Å². The quantitative estimate of drug-likeness (QED) is 0.735. The monoisotopic (exact) mass is 320 g/mol. The van der Waals surface area contributed by atoms with Crippen LogP contribution in [0, 0.1) is 11.3 Å². The van der Waals surface area contributed by atoms with E-state index in [-0.39, 0.29) is 0 Å². The molecule has 5 heteroatoms. The van der Waals surface area contributed by atoms with Crippen molar-refractivity contribution in [2.24, 2.45) is 0 Å². The summed E-state index contributed by atoms with van der Waals surface area (Å²) in [6.45, 7) is 5.44. The molecule has 0 bridgehead atoms. The molecular weight excluding hydrogens is 308 g/mol. The summed E-state index contributed by atoms with van der Waals surface area (Å²) in [5.74, 6) is 0. The molecule has 0 fully saturated rings. The van der Waals surface area contributed by atoms with E-state index >= 15 is 0 Å². The smallest absolute Gasteiger partial charge is 0.418 e. The minimum absolute atomic E-state index is 0.454. The average Bonchev–Trinajstić information content (AvgIpc) is 2.69. The molecule has 0 atom stereocenters. The second-order valence-electron chi connectivity index (χ2n) is 5.16. The van der Waals surface area contributed by atoms with Crippen LogP contribution in [0.15, 0.2) is 28.9 Å². The molecular formula is C14H13BrN2O2. The van der Waals surface area contributed by atoms with Crippen molar-refractivity contribution >= 4 is 32.9 Å². The molecule has 0 saturated heterocycles. The molecule has 1 aromatic carbocycles. The number of aromatic nitrogens is 1. The van der Waals surface area contributed by atoms with E-state index in [0.29, 0.717) is 11.1 Å². The van der Waals surface area contributed by atoms with E-state index in [1.165, 1.54) is 4.57 Å². The molecule has 0 amide bonds. The van der Waals surface area contributed by atoms with Gasteiger partial charge in [0.15, 0.2) is 0 Å². The van der Waals surface area contributed by atoms with E-state index in [2.05, 4.69) is 22.0 Å². The van der Waals surface area contributed by atoms with Crippen molar-refractivity contribution in [2.45, 2.75) is 26.4 Å². The van der Waals surface area contributed by atoms with Crippen LogP contribution in [0.2, 0.25) is 0 Å². The lowest BCUT2D eigenvalue weighted by Crippen LogP contribution is -2.26. The molecule has 19 heavy (non-hydrogen) atoms. The molecule has 1 aromatic heterocycles. The second-order valence-corrected chi connectivity index (χ2v) is 6.08. The van der Waals surface area contributed by atoms with Gasteiger partial charge in [-0.2, -0.15) is 5.26 Å². The summed E-state index contributed by atoms with van der Waals surface area (Å²) >= 11 is 3.34. The number of carbonyl (C=O) groups is 1. The standard InChI is InChI=1S/C14H13BrN2O2/c1-14(2,3)19-13(18)17-5-4-11-9(8-16)6-10(15)7-12(11)17/h4-7H,1-3H3. The van der Waals surface area contributed by atoms with Crippen molar-refractivity contribution < 1.29 is 9.53 Å². The summed E-state index contributed by atoms with van der Waals surface area (Å²) in [7, 11) is 0. The first-order valence-corrected chi connectivity index (χ1v) is 6.55. The van der Waals surface area contributed by atoms with E-state index in [0.717, 1.165) is 9.86 Å². The van der Waals surface area contributed by atoms with Gasteiger partial charge in [0.2, 0.25) is 0 Å². The van der Waals surface area contributed by atoms with Gasteiger partial charge < -0.3 is 4.74 Å². The normalized spacial score (nSPS) is 11.3. The van der Waals surface area contributed by atoms with Gasteiger partial charge in [0.1, 0.15) is 5.60 Å². The highest BCUT2D eigenvalue weighted by molar-refractivity contribution is 9.10. The molecule has 4 nitrogen and oxygen atoms in total. The largest absolute Gasteiger partial charge is 0.443 e. The molecule has 0 N–H and O–H groups in total. The minimum Gasteiger partial charge on any atom is -0.443 e. The zero-order valence-corrected chi connectivity index (χ0v) is 12.5. The summed E-state index contributed by atoms with van der Waals surface area (Å²) in [5.41, 5.74) is 0.615. The fourth-order valence-electron chi connectivity index (χ4n) is 1.77. The Kier molecular flexibility index (Phi) is 3.38. The fourth-order valence-corrected chi connectivity index (χ4v) is 2.22. The Morgan fingerprint density at radius 2 is 2.11 bits per heavy atom. The lowest BCUT2D eigenvalue weighted by Gasteiger charge is -2.19. The van der Waals surface area contributed by atoms with Gasteiger partial charge in [-0.05, 0) is 39.0 Å². The van der Waals surface area contributed by atoms with Crippen LogP contribution in [0.3, 0.4) is 0 Å². The van der Waals surface area contributed by atoms with E-state index in [9.17, 15) is 4.79 Å². The molecule has 1 heterocycles. The number of carbonyl (C=O) groups excluding carboxylic acids is 1. The summed E-state index contributed by atoms with van der Waals surface area (Å²) in [6, 6.07) is 7.37. The van der Waals surface area contributed by atoms with Crippen LogP contribution >= 0.6 is 15.9 Å². The van der Waals surface area contributed by atoms with Crippen LogP contribution in [0.25, 0.3) is 10.9 Å². The Morgan fingerprint density at radius 3 is 2.68 bits per heavy atom. The first-order valence-electron chi connectivity index (χ1n) is 5.76. The number of ether oxygens (including phenoxy) is 1. The van der Waals surface area contributed by atoms with Crippen molar-refractivity contribution in [1.29, 1.82) is 5.26 Å². The number of nitriles is 1. The van der Waals surface area contributed by atoms with Crippen LogP contribution in [-0.2, 0) is 4.74 Å². The minimum atomic E-state index is -0.558. The second kappa shape index (κ2) is 4.71. The predicted molar refractivity (Wildman–Crippen MR) is 76.0 cm³/mol. The van der Waals surface area contributed by atoms with E-state index < -0.39 is 11.7 Å². The molecule has 0 radical (unpaired) electrons. The SMILES string of the molecule is CC(C)(C)OC(=O)n1ccc2c(C#N)cc(Br)cc21. The Balaban J connectivity index is 2.55. The predicted octanol–water partition coefficient (Wildman–Crippen LogP) is 4.06. The molecule has 0 saturated carbocycles. The summed E-state index contributed by atoms with van der Waals surface area (Å²) in [6.07, 6.45) is 1.16. The van der Waals surface area contributed by atoms with Crippen LogP contribution in [0.1, 0.15) is 26.3 Å². The van der Waals surface area contributed by atoms with Crippen LogP contribution in [-0.4, -0.2) is 16.3 Å². The zero-order chi connectivity index (χ0) is 14.2. The van der Waals surface area contributed by atoms with Gasteiger partial charge in [0.25, 0.3) is 0 Å².